The lowest BCUT2D eigenvalue weighted by atomic mass is 10.0. The molecule has 2 aromatic heterocycles. The third-order valence-corrected chi connectivity index (χ3v) is 5.31. The number of carbonyl (C=O) groups excluding carboxylic acids is 1. The Labute approximate surface area is 171 Å². The lowest BCUT2D eigenvalue weighted by Crippen LogP contribution is -2.40. The summed E-state index contributed by atoms with van der Waals surface area (Å²) in [5, 5.41) is 13.4. The van der Waals surface area contributed by atoms with E-state index in [0.29, 0.717) is 16.6 Å². The molecule has 9 heteroatoms. The van der Waals surface area contributed by atoms with E-state index in [0.717, 1.165) is 25.9 Å². The molecule has 4 rings (SSSR count). The molecular formula is C20H19ClFN5O2. The van der Waals surface area contributed by atoms with Gasteiger partial charge in [-0.2, -0.15) is 0 Å². The normalized spacial score (nSPS) is 17.3. The predicted molar refractivity (Wildman–Crippen MR) is 109 cm³/mol. The number of piperidine rings is 1. The van der Waals surface area contributed by atoms with Crippen LogP contribution in [-0.4, -0.2) is 52.7 Å². The number of benzene rings is 1. The van der Waals surface area contributed by atoms with E-state index in [1.807, 2.05) is 0 Å². The Balaban J connectivity index is 1.83. The van der Waals surface area contributed by atoms with Crippen LogP contribution in [0.5, 0.6) is 5.75 Å². The molecule has 1 fully saturated rings. The van der Waals surface area contributed by atoms with Crippen LogP contribution in [0.25, 0.3) is 22.0 Å². The Kier molecular flexibility index (Phi) is 5.55. The standard InChI is InChI=1S/C20H19ClFN5O2/c1-27-8-2-3-12(10-27)24-20-14-9-23-7-6-13(14)18(25-26-20)17-16(22)5-4-15(21)19(17)29-11-28/h4-7,9,11-12H,2-3,8,10H2,1H3,(H,24,26)/t12-/m1/s1. The molecule has 1 aliphatic heterocycles. The largest absolute Gasteiger partial charge is 0.426 e. The highest BCUT2D eigenvalue weighted by atomic mass is 35.5. The van der Waals surface area contributed by atoms with Crippen LogP contribution in [0.1, 0.15) is 12.8 Å². The maximum atomic E-state index is 14.7. The van der Waals surface area contributed by atoms with Crippen LogP contribution in [0.4, 0.5) is 10.2 Å². The fourth-order valence-corrected chi connectivity index (χ4v) is 3.89. The summed E-state index contributed by atoms with van der Waals surface area (Å²) in [6.45, 7) is 2.17. The Morgan fingerprint density at radius 2 is 2.17 bits per heavy atom. The molecule has 3 heterocycles. The summed E-state index contributed by atoms with van der Waals surface area (Å²) in [4.78, 5) is 17.4. The molecule has 0 radical (unpaired) electrons. The van der Waals surface area contributed by atoms with Gasteiger partial charge in [0.1, 0.15) is 11.5 Å². The zero-order chi connectivity index (χ0) is 20.4. The van der Waals surface area contributed by atoms with Crippen LogP contribution in [0.2, 0.25) is 5.02 Å². The number of likely N-dealkylation sites (N-methyl/N-ethyl adjacent to an activating group) is 1. The van der Waals surface area contributed by atoms with Gasteiger partial charge in [-0.1, -0.05) is 11.6 Å². The van der Waals surface area contributed by atoms with Gasteiger partial charge in [-0.3, -0.25) is 9.78 Å². The van der Waals surface area contributed by atoms with Gasteiger partial charge in [0.25, 0.3) is 6.47 Å². The van der Waals surface area contributed by atoms with Gasteiger partial charge in [-0.05, 0) is 44.6 Å². The molecule has 3 aromatic rings. The molecule has 0 unspecified atom stereocenters. The second-order valence-electron chi connectivity index (χ2n) is 7.01. The number of likely N-dealkylation sites (tertiary alicyclic amines) is 1. The smallest absolute Gasteiger partial charge is 0.298 e. The van der Waals surface area contributed by atoms with Crippen molar-refractivity contribution in [3.63, 3.8) is 0 Å². The third kappa shape index (κ3) is 3.86. The predicted octanol–water partition coefficient (Wildman–Crippen LogP) is 3.53. The highest BCUT2D eigenvalue weighted by Gasteiger charge is 2.23. The number of rotatable bonds is 5. The Morgan fingerprint density at radius 1 is 1.31 bits per heavy atom. The van der Waals surface area contributed by atoms with E-state index in [9.17, 15) is 9.18 Å². The molecular weight excluding hydrogens is 397 g/mol. The van der Waals surface area contributed by atoms with Gasteiger partial charge in [0.2, 0.25) is 0 Å². The molecule has 29 heavy (non-hydrogen) atoms. The number of fused-ring (bicyclic) bond motifs is 1. The molecule has 0 aliphatic carbocycles. The number of ether oxygens (including phenoxy) is 1. The van der Waals surface area contributed by atoms with Crippen LogP contribution in [-0.2, 0) is 4.79 Å². The van der Waals surface area contributed by atoms with Crippen LogP contribution >= 0.6 is 11.6 Å². The van der Waals surface area contributed by atoms with E-state index < -0.39 is 5.82 Å². The number of nitrogens with one attached hydrogen (secondary N) is 1. The Morgan fingerprint density at radius 3 is 2.97 bits per heavy atom. The minimum Gasteiger partial charge on any atom is -0.426 e. The topological polar surface area (TPSA) is 80.2 Å². The van der Waals surface area contributed by atoms with Gasteiger partial charge < -0.3 is 15.0 Å². The maximum absolute atomic E-state index is 14.7. The van der Waals surface area contributed by atoms with E-state index in [1.165, 1.54) is 12.1 Å². The van der Waals surface area contributed by atoms with Crippen molar-refractivity contribution in [1.82, 2.24) is 20.1 Å². The number of pyridine rings is 1. The van der Waals surface area contributed by atoms with Gasteiger partial charge >= 0.3 is 0 Å². The molecule has 0 bridgehead atoms. The first-order valence-electron chi connectivity index (χ1n) is 9.22. The van der Waals surface area contributed by atoms with E-state index in [1.54, 1.807) is 18.5 Å². The first-order chi connectivity index (χ1) is 14.1. The number of carbonyl (C=O) groups is 1. The third-order valence-electron chi connectivity index (χ3n) is 5.01. The van der Waals surface area contributed by atoms with Gasteiger partial charge in [-0.25, -0.2) is 4.39 Å². The van der Waals surface area contributed by atoms with Crippen molar-refractivity contribution >= 4 is 34.7 Å². The van der Waals surface area contributed by atoms with Crippen molar-refractivity contribution in [2.75, 3.05) is 25.5 Å². The zero-order valence-corrected chi connectivity index (χ0v) is 16.5. The Bertz CT molecular complexity index is 1060. The van der Waals surface area contributed by atoms with Gasteiger partial charge in [0.05, 0.1) is 10.6 Å². The van der Waals surface area contributed by atoms with E-state index in [2.05, 4.69) is 32.4 Å². The lowest BCUT2D eigenvalue weighted by molar-refractivity contribution is -0.120. The number of halogens is 2. The molecule has 0 amide bonds. The maximum Gasteiger partial charge on any atom is 0.298 e. The summed E-state index contributed by atoms with van der Waals surface area (Å²) in [6, 6.07) is 4.48. The molecule has 7 nitrogen and oxygen atoms in total. The number of nitrogens with zero attached hydrogens (tertiary/aromatic N) is 4. The van der Waals surface area contributed by atoms with Crippen molar-refractivity contribution in [1.29, 1.82) is 0 Å². The summed E-state index contributed by atoms with van der Waals surface area (Å²) in [7, 11) is 2.08. The molecule has 0 saturated carbocycles. The molecule has 1 saturated heterocycles. The average molecular weight is 416 g/mol. The van der Waals surface area contributed by atoms with Crippen LogP contribution in [0, 0.1) is 5.82 Å². The number of aromatic nitrogens is 3. The van der Waals surface area contributed by atoms with Crippen LogP contribution < -0.4 is 10.1 Å². The van der Waals surface area contributed by atoms with Crippen LogP contribution in [0.15, 0.2) is 30.6 Å². The van der Waals surface area contributed by atoms with Gasteiger partial charge in [0.15, 0.2) is 11.6 Å². The van der Waals surface area contributed by atoms with Gasteiger partial charge in [-0.15, -0.1) is 10.2 Å². The fourth-order valence-electron chi connectivity index (χ4n) is 3.68. The quantitative estimate of drug-likeness (QED) is 0.638. The number of hydrogen-bond donors (Lipinski definition) is 1. The van der Waals surface area contributed by atoms with Crippen molar-refractivity contribution in [2.45, 2.75) is 18.9 Å². The first kappa shape index (κ1) is 19.5. The van der Waals surface area contributed by atoms with Crippen LogP contribution in [0.3, 0.4) is 0 Å². The highest BCUT2D eigenvalue weighted by molar-refractivity contribution is 6.32. The van der Waals surface area contributed by atoms with E-state index in [-0.39, 0.29) is 34.5 Å². The summed E-state index contributed by atoms with van der Waals surface area (Å²) in [5.74, 6) is -0.130. The Hall–Kier alpha value is -2.84. The SMILES string of the molecule is CN1CCC[C@@H](Nc2nnc(-c3c(F)ccc(Cl)c3OC=O)c3ccncc23)C1. The highest BCUT2D eigenvalue weighted by Crippen LogP contribution is 2.40. The van der Waals surface area contributed by atoms with Crippen molar-refractivity contribution < 1.29 is 13.9 Å². The molecule has 1 aliphatic rings. The van der Waals surface area contributed by atoms with Crippen molar-refractivity contribution in [3.8, 4) is 17.0 Å². The minimum atomic E-state index is -0.617. The zero-order valence-electron chi connectivity index (χ0n) is 15.7. The molecule has 1 N–H and O–H groups in total. The second kappa shape index (κ2) is 8.26. The number of anilines is 1. The molecule has 1 atom stereocenters. The lowest BCUT2D eigenvalue weighted by Gasteiger charge is -2.30. The minimum absolute atomic E-state index is 0.0164. The molecule has 1 aromatic carbocycles. The molecule has 0 spiro atoms. The van der Waals surface area contributed by atoms with Crippen molar-refractivity contribution in [3.05, 3.63) is 41.4 Å². The number of hydrogen-bond acceptors (Lipinski definition) is 7. The summed E-state index contributed by atoms with van der Waals surface area (Å²) >= 11 is 6.13. The van der Waals surface area contributed by atoms with Crippen molar-refractivity contribution in [2.24, 2.45) is 0 Å². The average Bonchev–Trinajstić information content (AvgIpc) is 2.72. The summed E-state index contributed by atoms with van der Waals surface area (Å²) in [5.41, 5.74) is 0.211. The first-order valence-corrected chi connectivity index (χ1v) is 9.60. The van der Waals surface area contributed by atoms with E-state index in [4.69, 9.17) is 16.3 Å². The van der Waals surface area contributed by atoms with Gasteiger partial charge in [0, 0.05) is 35.8 Å². The fraction of sp³-hybridized carbons (Fsp3) is 0.300. The molecule has 150 valence electrons. The summed E-state index contributed by atoms with van der Waals surface area (Å²) < 4.78 is 19.7. The van der Waals surface area contributed by atoms with E-state index >= 15 is 0 Å². The second-order valence-corrected chi connectivity index (χ2v) is 7.42. The summed E-state index contributed by atoms with van der Waals surface area (Å²) in [6.07, 6.45) is 5.37. The monoisotopic (exact) mass is 415 g/mol.